The van der Waals surface area contributed by atoms with E-state index in [2.05, 4.69) is 26.7 Å². The van der Waals surface area contributed by atoms with Crippen molar-refractivity contribution in [3.8, 4) is 6.07 Å². The Morgan fingerprint density at radius 1 is 1.20 bits per heavy atom. The molecule has 35 heavy (non-hydrogen) atoms. The Morgan fingerprint density at radius 2 is 2.00 bits per heavy atom. The predicted octanol–water partition coefficient (Wildman–Crippen LogP) is 3.50. The maximum atomic E-state index is 12.7. The topological polar surface area (TPSA) is 133 Å². The van der Waals surface area contributed by atoms with Crippen molar-refractivity contribution in [2.24, 2.45) is 0 Å². The van der Waals surface area contributed by atoms with Crippen LogP contribution in [0.3, 0.4) is 0 Å². The van der Waals surface area contributed by atoms with E-state index < -0.39 is 0 Å². The second-order valence-corrected chi connectivity index (χ2v) is 8.82. The van der Waals surface area contributed by atoms with Crippen LogP contribution in [0.1, 0.15) is 35.7 Å². The number of aromatic nitrogens is 5. The fourth-order valence-electron chi connectivity index (χ4n) is 4.22. The molecular formula is C24H21ClN8O2. The molecule has 0 unspecified atom stereocenters. The van der Waals surface area contributed by atoms with Crippen LogP contribution in [-0.4, -0.2) is 49.0 Å². The molecule has 1 aliphatic heterocycles. The third-order valence-electron chi connectivity index (χ3n) is 6.03. The Bertz CT molecular complexity index is 1500. The van der Waals surface area contributed by atoms with Gasteiger partial charge < -0.3 is 15.2 Å². The van der Waals surface area contributed by atoms with E-state index in [0.29, 0.717) is 60.2 Å². The summed E-state index contributed by atoms with van der Waals surface area (Å²) >= 11 is 6.09. The summed E-state index contributed by atoms with van der Waals surface area (Å²) < 4.78 is 1.59. The van der Waals surface area contributed by atoms with Gasteiger partial charge in [-0.15, -0.1) is 5.10 Å². The number of carbonyl (C=O) groups excluding carboxylic acids is 1. The van der Waals surface area contributed by atoms with Gasteiger partial charge in [-0.25, -0.2) is 14.5 Å². The van der Waals surface area contributed by atoms with E-state index in [1.807, 2.05) is 18.2 Å². The highest BCUT2D eigenvalue weighted by molar-refractivity contribution is 6.30. The molecule has 0 atom stereocenters. The summed E-state index contributed by atoms with van der Waals surface area (Å²) in [5.41, 5.74) is 2.25. The van der Waals surface area contributed by atoms with Crippen LogP contribution in [-0.2, 0) is 6.54 Å². The van der Waals surface area contributed by atoms with E-state index in [1.54, 1.807) is 39.9 Å². The number of fused-ring (bicyclic) bond motifs is 1. The number of H-pyrrole nitrogens is 1. The summed E-state index contributed by atoms with van der Waals surface area (Å²) in [5, 5.41) is 20.6. The summed E-state index contributed by atoms with van der Waals surface area (Å²) in [4.78, 5) is 34.6. The SMILES string of the molecule is N#Cc1cccc(NC(=O)N2CCC(c3nc4c(nnn4Cc4cccc(Cl)c4)c(=O)[nH]3)CC2)c1. The van der Waals surface area contributed by atoms with Crippen LogP contribution >= 0.6 is 11.6 Å². The molecule has 1 aliphatic rings. The first-order chi connectivity index (χ1) is 17.0. The fourth-order valence-corrected chi connectivity index (χ4v) is 4.43. The van der Waals surface area contributed by atoms with Crippen LogP contribution in [0.15, 0.2) is 53.3 Å². The first-order valence-electron chi connectivity index (χ1n) is 11.1. The molecule has 0 bridgehead atoms. The number of benzene rings is 2. The minimum absolute atomic E-state index is 0.00686. The Kier molecular flexibility index (Phi) is 6.16. The van der Waals surface area contributed by atoms with Crippen molar-refractivity contribution in [2.45, 2.75) is 25.3 Å². The Labute approximate surface area is 205 Å². The van der Waals surface area contributed by atoms with Crippen molar-refractivity contribution in [3.63, 3.8) is 0 Å². The van der Waals surface area contributed by atoms with Gasteiger partial charge in [-0.05, 0) is 48.7 Å². The monoisotopic (exact) mass is 488 g/mol. The Morgan fingerprint density at radius 3 is 2.77 bits per heavy atom. The van der Waals surface area contributed by atoms with Crippen LogP contribution in [0.25, 0.3) is 11.2 Å². The van der Waals surface area contributed by atoms with Gasteiger partial charge in [-0.3, -0.25) is 4.79 Å². The molecule has 4 aromatic rings. The lowest BCUT2D eigenvalue weighted by Crippen LogP contribution is -2.41. The molecule has 11 heteroatoms. The molecule has 1 fully saturated rings. The molecule has 0 spiro atoms. The summed E-state index contributed by atoms with van der Waals surface area (Å²) in [6.07, 6.45) is 1.30. The van der Waals surface area contributed by atoms with E-state index in [1.165, 1.54) is 0 Å². The molecule has 176 valence electrons. The van der Waals surface area contributed by atoms with Gasteiger partial charge in [0.1, 0.15) is 5.82 Å². The lowest BCUT2D eigenvalue weighted by atomic mass is 9.96. The summed E-state index contributed by atoms with van der Waals surface area (Å²) in [6.45, 7) is 1.41. The zero-order valence-corrected chi connectivity index (χ0v) is 19.4. The minimum Gasteiger partial charge on any atom is -0.324 e. The first kappa shape index (κ1) is 22.6. The van der Waals surface area contributed by atoms with Crippen molar-refractivity contribution < 1.29 is 4.79 Å². The number of likely N-dealkylation sites (tertiary alicyclic amines) is 1. The largest absolute Gasteiger partial charge is 0.324 e. The maximum absolute atomic E-state index is 12.7. The van der Waals surface area contributed by atoms with Crippen molar-refractivity contribution >= 4 is 34.5 Å². The van der Waals surface area contributed by atoms with Crippen molar-refractivity contribution in [2.75, 3.05) is 18.4 Å². The van der Waals surface area contributed by atoms with Gasteiger partial charge in [0.2, 0.25) is 0 Å². The average molecular weight is 489 g/mol. The number of carbonyl (C=O) groups is 1. The number of nitrogens with zero attached hydrogens (tertiary/aromatic N) is 6. The van der Waals surface area contributed by atoms with Gasteiger partial charge >= 0.3 is 6.03 Å². The number of amides is 2. The maximum Gasteiger partial charge on any atom is 0.321 e. The molecule has 2 N–H and O–H groups in total. The molecule has 0 radical (unpaired) electrons. The Hall–Kier alpha value is -4.23. The van der Waals surface area contributed by atoms with Crippen molar-refractivity contribution in [1.82, 2.24) is 29.9 Å². The number of aromatic amines is 1. The number of anilines is 1. The second kappa shape index (κ2) is 9.56. The fraction of sp³-hybridized carbons (Fsp3) is 0.250. The molecule has 2 amide bonds. The normalized spacial score (nSPS) is 14.1. The number of hydrogen-bond donors (Lipinski definition) is 2. The summed E-state index contributed by atoms with van der Waals surface area (Å²) in [5.74, 6) is 0.562. The van der Waals surface area contributed by atoms with E-state index in [-0.39, 0.29) is 23.0 Å². The highest BCUT2D eigenvalue weighted by Gasteiger charge is 2.26. The van der Waals surface area contributed by atoms with Crippen LogP contribution < -0.4 is 10.9 Å². The number of nitriles is 1. The smallest absolute Gasteiger partial charge is 0.321 e. The standard InChI is InChI=1S/C24H21ClN8O2/c25-18-5-1-4-16(11-18)14-33-22-20(30-31-33)23(34)29-21(28-22)17-7-9-32(10-8-17)24(35)27-19-6-2-3-15(12-19)13-26/h1-6,11-12,17H,7-10,14H2,(H,27,35)(H,28,29,34). The molecular weight excluding hydrogens is 468 g/mol. The lowest BCUT2D eigenvalue weighted by Gasteiger charge is -2.31. The third kappa shape index (κ3) is 4.85. The van der Waals surface area contributed by atoms with E-state index in [0.717, 1.165) is 5.56 Å². The van der Waals surface area contributed by atoms with E-state index in [4.69, 9.17) is 21.8 Å². The van der Waals surface area contributed by atoms with Crippen LogP contribution in [0.5, 0.6) is 0 Å². The molecule has 0 saturated carbocycles. The van der Waals surface area contributed by atoms with Gasteiger partial charge in [0.25, 0.3) is 5.56 Å². The second-order valence-electron chi connectivity index (χ2n) is 8.38. The van der Waals surface area contributed by atoms with E-state index >= 15 is 0 Å². The molecule has 5 rings (SSSR count). The molecule has 2 aromatic heterocycles. The van der Waals surface area contributed by atoms with Crippen LogP contribution in [0.4, 0.5) is 10.5 Å². The van der Waals surface area contributed by atoms with Gasteiger partial charge in [0.05, 0.1) is 18.2 Å². The minimum atomic E-state index is -0.333. The summed E-state index contributed by atoms with van der Waals surface area (Å²) in [6, 6.07) is 16.0. The molecule has 10 nitrogen and oxygen atoms in total. The third-order valence-corrected chi connectivity index (χ3v) is 6.26. The van der Waals surface area contributed by atoms with Crippen molar-refractivity contribution in [1.29, 1.82) is 5.26 Å². The zero-order valence-electron chi connectivity index (χ0n) is 18.6. The zero-order chi connectivity index (χ0) is 24.4. The number of hydrogen-bond acceptors (Lipinski definition) is 6. The quantitative estimate of drug-likeness (QED) is 0.451. The van der Waals surface area contributed by atoms with Crippen molar-refractivity contribution in [3.05, 3.63) is 80.9 Å². The highest BCUT2D eigenvalue weighted by Crippen LogP contribution is 2.26. The number of nitrogens with one attached hydrogen (secondary N) is 2. The van der Waals surface area contributed by atoms with Gasteiger partial charge in [0, 0.05) is 29.7 Å². The number of halogens is 1. The van der Waals surface area contributed by atoms with Gasteiger partial charge in [0.15, 0.2) is 11.2 Å². The number of urea groups is 1. The van der Waals surface area contributed by atoms with Gasteiger partial charge in [-0.2, -0.15) is 5.26 Å². The van der Waals surface area contributed by atoms with Crippen LogP contribution in [0, 0.1) is 11.3 Å². The highest BCUT2D eigenvalue weighted by atomic mass is 35.5. The lowest BCUT2D eigenvalue weighted by molar-refractivity contribution is 0.193. The predicted molar refractivity (Wildman–Crippen MR) is 130 cm³/mol. The van der Waals surface area contributed by atoms with E-state index in [9.17, 15) is 9.59 Å². The number of piperidine rings is 1. The Balaban J connectivity index is 1.29. The molecule has 2 aromatic carbocycles. The average Bonchev–Trinajstić information content (AvgIpc) is 3.27. The summed E-state index contributed by atoms with van der Waals surface area (Å²) in [7, 11) is 0. The van der Waals surface area contributed by atoms with Gasteiger partial charge in [-0.1, -0.05) is 35.0 Å². The molecule has 0 aliphatic carbocycles. The molecule has 1 saturated heterocycles. The molecule has 3 heterocycles. The first-order valence-corrected chi connectivity index (χ1v) is 11.5. The number of rotatable bonds is 4. The van der Waals surface area contributed by atoms with Crippen LogP contribution in [0.2, 0.25) is 5.02 Å².